The Balaban J connectivity index is 2.04. The zero-order valence-corrected chi connectivity index (χ0v) is 17.6. The van der Waals surface area contributed by atoms with Crippen molar-refractivity contribution in [3.05, 3.63) is 53.9 Å². The lowest BCUT2D eigenvalue weighted by Crippen LogP contribution is -2.26. The van der Waals surface area contributed by atoms with Crippen molar-refractivity contribution in [1.29, 1.82) is 0 Å². The van der Waals surface area contributed by atoms with Crippen molar-refractivity contribution >= 4 is 50.2 Å². The first kappa shape index (κ1) is 21.3. The van der Waals surface area contributed by atoms with Gasteiger partial charge in [-0.25, -0.2) is 14.6 Å². The molecule has 0 radical (unpaired) electrons. The van der Waals surface area contributed by atoms with Crippen molar-refractivity contribution < 1.29 is 23.9 Å². The van der Waals surface area contributed by atoms with E-state index in [0.29, 0.717) is 22.8 Å². The summed E-state index contributed by atoms with van der Waals surface area (Å²) in [6.07, 6.45) is 7.68. The van der Waals surface area contributed by atoms with Crippen LogP contribution >= 0.6 is 11.3 Å². The van der Waals surface area contributed by atoms with E-state index in [9.17, 15) is 14.4 Å². The van der Waals surface area contributed by atoms with Crippen LogP contribution in [0.3, 0.4) is 0 Å². The molecule has 0 bridgehead atoms. The molecule has 1 aromatic carbocycles. The van der Waals surface area contributed by atoms with Crippen LogP contribution in [0, 0.1) is 0 Å². The second-order valence-electron chi connectivity index (χ2n) is 6.29. The number of ether oxygens (including phenoxy) is 2. The molecule has 0 atom stereocenters. The Labute approximate surface area is 177 Å². The quantitative estimate of drug-likeness (QED) is 0.704. The standard InChI is InChI=1S/C21H21N3O5S/c1-4-7-17(25)23-21-22-15-10-9-13(12-16(15)30-21)24-11-6-5-8-14(19(26)28-2)18(24)20(27)29-3/h5-6,8-12H,4,7H2,1-3H3,(H,22,23,25). The third kappa shape index (κ3) is 4.41. The molecular formula is C21H21N3O5S. The Hall–Kier alpha value is -3.46. The molecule has 9 heteroatoms. The molecule has 2 heterocycles. The molecule has 3 rings (SSSR count). The number of amides is 1. The fourth-order valence-corrected chi connectivity index (χ4v) is 3.81. The normalized spacial score (nSPS) is 13.4. The first-order valence-corrected chi connectivity index (χ1v) is 10.1. The number of hydrogen-bond acceptors (Lipinski definition) is 8. The Bertz CT molecular complexity index is 1080. The molecule has 1 N–H and O–H groups in total. The van der Waals surface area contributed by atoms with Gasteiger partial charge in [-0.2, -0.15) is 0 Å². The third-order valence-corrected chi connectivity index (χ3v) is 5.20. The summed E-state index contributed by atoms with van der Waals surface area (Å²) in [5, 5.41) is 3.30. The van der Waals surface area contributed by atoms with Gasteiger partial charge in [0.05, 0.1) is 30.0 Å². The number of nitrogens with zero attached hydrogens (tertiary/aromatic N) is 2. The van der Waals surface area contributed by atoms with E-state index < -0.39 is 11.9 Å². The van der Waals surface area contributed by atoms with Crippen LogP contribution in [-0.4, -0.2) is 37.0 Å². The van der Waals surface area contributed by atoms with E-state index in [2.05, 4.69) is 10.3 Å². The third-order valence-electron chi connectivity index (χ3n) is 4.26. The molecule has 156 valence electrons. The predicted octanol–water partition coefficient (Wildman–Crippen LogP) is 3.52. The summed E-state index contributed by atoms with van der Waals surface area (Å²) in [6.45, 7) is 1.93. The number of hydrogen-bond donors (Lipinski definition) is 1. The minimum absolute atomic E-state index is 0.0367. The number of fused-ring (bicyclic) bond motifs is 1. The van der Waals surface area contributed by atoms with Crippen LogP contribution in [0.15, 0.2) is 53.9 Å². The van der Waals surface area contributed by atoms with Crippen molar-refractivity contribution in [2.75, 3.05) is 24.4 Å². The molecule has 8 nitrogen and oxygen atoms in total. The van der Waals surface area contributed by atoms with E-state index in [1.807, 2.05) is 13.0 Å². The molecule has 0 aliphatic carbocycles. The average Bonchev–Trinajstić information content (AvgIpc) is 3.00. The van der Waals surface area contributed by atoms with Gasteiger partial charge in [0.15, 0.2) is 5.13 Å². The van der Waals surface area contributed by atoms with Gasteiger partial charge in [-0.1, -0.05) is 24.3 Å². The number of benzene rings is 1. The van der Waals surface area contributed by atoms with Crippen LogP contribution in [0.4, 0.5) is 10.8 Å². The number of nitrogens with one attached hydrogen (secondary N) is 1. The number of aromatic nitrogens is 1. The van der Waals surface area contributed by atoms with E-state index in [1.54, 1.807) is 35.4 Å². The molecule has 1 aliphatic heterocycles. The van der Waals surface area contributed by atoms with Crippen molar-refractivity contribution in [3.63, 3.8) is 0 Å². The molecule has 0 unspecified atom stereocenters. The molecule has 0 fully saturated rings. The monoisotopic (exact) mass is 427 g/mol. The molecule has 2 aromatic rings. The number of rotatable bonds is 6. The van der Waals surface area contributed by atoms with Gasteiger partial charge >= 0.3 is 11.9 Å². The summed E-state index contributed by atoms with van der Waals surface area (Å²) in [7, 11) is 2.50. The zero-order chi connectivity index (χ0) is 21.7. The summed E-state index contributed by atoms with van der Waals surface area (Å²) in [5.41, 5.74) is 1.45. The summed E-state index contributed by atoms with van der Waals surface area (Å²) < 4.78 is 10.5. The maximum Gasteiger partial charge on any atom is 0.355 e. The second-order valence-corrected chi connectivity index (χ2v) is 7.32. The lowest BCUT2D eigenvalue weighted by Gasteiger charge is -2.23. The number of carbonyl (C=O) groups is 3. The minimum atomic E-state index is -0.677. The lowest BCUT2D eigenvalue weighted by atomic mass is 10.1. The maximum absolute atomic E-state index is 12.5. The SMILES string of the molecule is CCCC(=O)Nc1nc2ccc(N3C=CC=CC(C(=O)OC)=C3C(=O)OC)cc2s1. The second kappa shape index (κ2) is 9.36. The fraction of sp³-hybridized carbons (Fsp3) is 0.238. The highest BCUT2D eigenvalue weighted by Gasteiger charge is 2.27. The van der Waals surface area contributed by atoms with E-state index in [4.69, 9.17) is 9.47 Å². The Morgan fingerprint density at radius 3 is 2.60 bits per heavy atom. The van der Waals surface area contributed by atoms with E-state index in [0.717, 1.165) is 11.1 Å². The average molecular weight is 427 g/mol. The van der Waals surface area contributed by atoms with Crippen molar-refractivity contribution in [2.45, 2.75) is 19.8 Å². The van der Waals surface area contributed by atoms with Crippen LogP contribution < -0.4 is 10.2 Å². The van der Waals surface area contributed by atoms with Crippen LogP contribution in [0.2, 0.25) is 0 Å². The predicted molar refractivity (Wildman–Crippen MR) is 115 cm³/mol. The molecule has 1 amide bonds. The number of esters is 2. The first-order chi connectivity index (χ1) is 14.5. The molecular weight excluding hydrogens is 406 g/mol. The number of carbonyl (C=O) groups excluding carboxylic acids is 3. The highest BCUT2D eigenvalue weighted by atomic mass is 32.1. The van der Waals surface area contributed by atoms with Gasteiger partial charge in [-0.3, -0.25) is 4.79 Å². The summed E-state index contributed by atoms with van der Waals surface area (Å²) in [4.78, 5) is 42.6. The van der Waals surface area contributed by atoms with Gasteiger partial charge in [0, 0.05) is 18.3 Å². The highest BCUT2D eigenvalue weighted by Crippen LogP contribution is 2.33. The number of allylic oxidation sites excluding steroid dienone is 2. The van der Waals surface area contributed by atoms with Gasteiger partial charge in [-0.05, 0) is 36.8 Å². The van der Waals surface area contributed by atoms with E-state index in [1.165, 1.54) is 31.6 Å². The maximum atomic E-state index is 12.5. The van der Waals surface area contributed by atoms with Crippen LogP contribution in [0.5, 0.6) is 0 Å². The number of methoxy groups -OCH3 is 2. The molecule has 30 heavy (non-hydrogen) atoms. The Morgan fingerprint density at radius 1 is 1.13 bits per heavy atom. The molecule has 1 aliphatic rings. The van der Waals surface area contributed by atoms with Gasteiger partial charge in [0.2, 0.25) is 5.91 Å². The number of anilines is 2. The van der Waals surface area contributed by atoms with Crippen LogP contribution in [0.1, 0.15) is 19.8 Å². The molecule has 0 saturated carbocycles. The molecule has 1 aromatic heterocycles. The summed E-state index contributed by atoms with van der Waals surface area (Å²) in [5.74, 6) is -1.42. The summed E-state index contributed by atoms with van der Waals surface area (Å²) >= 11 is 1.33. The van der Waals surface area contributed by atoms with Gasteiger partial charge < -0.3 is 19.7 Å². The minimum Gasteiger partial charge on any atom is -0.465 e. The number of thiazole rings is 1. The fourth-order valence-electron chi connectivity index (χ4n) is 2.89. The van der Waals surface area contributed by atoms with Gasteiger partial charge in [0.1, 0.15) is 5.70 Å². The Morgan fingerprint density at radius 2 is 1.90 bits per heavy atom. The van der Waals surface area contributed by atoms with E-state index in [-0.39, 0.29) is 17.2 Å². The zero-order valence-electron chi connectivity index (χ0n) is 16.8. The van der Waals surface area contributed by atoms with Gasteiger partial charge in [0.25, 0.3) is 0 Å². The smallest absolute Gasteiger partial charge is 0.355 e. The van der Waals surface area contributed by atoms with Crippen LogP contribution in [0.25, 0.3) is 10.2 Å². The van der Waals surface area contributed by atoms with Crippen molar-refractivity contribution in [2.24, 2.45) is 0 Å². The largest absolute Gasteiger partial charge is 0.465 e. The lowest BCUT2D eigenvalue weighted by molar-refractivity contribution is -0.139. The van der Waals surface area contributed by atoms with Crippen molar-refractivity contribution in [1.82, 2.24) is 4.98 Å². The summed E-state index contributed by atoms with van der Waals surface area (Å²) in [6, 6.07) is 5.39. The topological polar surface area (TPSA) is 97.8 Å². The van der Waals surface area contributed by atoms with Crippen LogP contribution in [-0.2, 0) is 23.9 Å². The van der Waals surface area contributed by atoms with E-state index >= 15 is 0 Å². The molecule has 0 saturated heterocycles. The first-order valence-electron chi connectivity index (χ1n) is 9.24. The Kier molecular flexibility index (Phi) is 6.63. The van der Waals surface area contributed by atoms with Crippen molar-refractivity contribution in [3.8, 4) is 0 Å². The highest BCUT2D eigenvalue weighted by molar-refractivity contribution is 7.22. The van der Waals surface area contributed by atoms with Gasteiger partial charge in [-0.15, -0.1) is 0 Å². The molecule has 0 spiro atoms.